The van der Waals surface area contributed by atoms with Crippen LogP contribution >= 0.6 is 0 Å². The van der Waals surface area contributed by atoms with Crippen molar-refractivity contribution >= 4 is 0 Å². The quantitative estimate of drug-likeness (QED) is 0.841. The van der Waals surface area contributed by atoms with Crippen molar-refractivity contribution in [1.82, 2.24) is 14.7 Å². The van der Waals surface area contributed by atoms with Gasteiger partial charge in [-0.2, -0.15) is 18.3 Å². The third kappa shape index (κ3) is 4.82. The Kier molecular flexibility index (Phi) is 6.01. The summed E-state index contributed by atoms with van der Waals surface area (Å²) in [5, 5.41) is 13.4. The lowest BCUT2D eigenvalue weighted by Gasteiger charge is -2.23. The second-order valence-corrected chi connectivity index (χ2v) is 5.80. The van der Waals surface area contributed by atoms with Gasteiger partial charge in [-0.1, -0.05) is 18.2 Å². The van der Waals surface area contributed by atoms with Crippen LogP contribution in [0.3, 0.4) is 0 Å². The van der Waals surface area contributed by atoms with E-state index < -0.39 is 12.7 Å². The molecular weight excluding hydrogens is 319 g/mol. The van der Waals surface area contributed by atoms with Gasteiger partial charge in [0.15, 0.2) is 0 Å². The second-order valence-electron chi connectivity index (χ2n) is 5.80. The molecule has 0 aliphatic heterocycles. The first-order valence-corrected chi connectivity index (χ1v) is 7.82. The molecule has 0 spiro atoms. The van der Waals surface area contributed by atoms with E-state index in [1.807, 2.05) is 37.3 Å². The topological polar surface area (TPSA) is 41.3 Å². The fraction of sp³-hybridized carbons (Fsp3) is 0.471. The molecule has 0 aliphatic rings. The Bertz CT molecular complexity index is 653. The molecule has 1 aromatic carbocycles. The minimum Gasteiger partial charge on any atom is -0.396 e. The predicted octanol–water partition coefficient (Wildman–Crippen LogP) is 3.24. The van der Waals surface area contributed by atoms with Crippen molar-refractivity contribution in [2.24, 2.45) is 0 Å². The molecule has 132 valence electrons. The van der Waals surface area contributed by atoms with Crippen molar-refractivity contribution in [3.8, 4) is 5.69 Å². The molecule has 4 nitrogen and oxygen atoms in total. The van der Waals surface area contributed by atoms with Crippen molar-refractivity contribution in [2.45, 2.75) is 33.0 Å². The third-order valence-electron chi connectivity index (χ3n) is 3.86. The largest absolute Gasteiger partial charge is 0.401 e. The number of nitrogens with zero attached hydrogens (tertiary/aromatic N) is 3. The van der Waals surface area contributed by atoms with Crippen LogP contribution < -0.4 is 0 Å². The summed E-state index contributed by atoms with van der Waals surface area (Å²) in [5.74, 6) is 0. The molecule has 0 radical (unpaired) electrons. The van der Waals surface area contributed by atoms with Crippen molar-refractivity contribution in [3.63, 3.8) is 0 Å². The Morgan fingerprint density at radius 1 is 1.17 bits per heavy atom. The van der Waals surface area contributed by atoms with Crippen LogP contribution in [0.15, 0.2) is 30.3 Å². The summed E-state index contributed by atoms with van der Waals surface area (Å²) in [4.78, 5) is 1.31. The zero-order valence-corrected chi connectivity index (χ0v) is 13.8. The van der Waals surface area contributed by atoms with Gasteiger partial charge in [0.25, 0.3) is 0 Å². The van der Waals surface area contributed by atoms with Gasteiger partial charge in [-0.3, -0.25) is 4.90 Å². The average molecular weight is 341 g/mol. The number of aliphatic hydroxyl groups excluding tert-OH is 1. The molecule has 7 heteroatoms. The fourth-order valence-electron chi connectivity index (χ4n) is 2.71. The van der Waals surface area contributed by atoms with Gasteiger partial charge < -0.3 is 5.11 Å². The summed E-state index contributed by atoms with van der Waals surface area (Å²) in [5.41, 5.74) is 3.21. The maximum Gasteiger partial charge on any atom is 0.401 e. The molecule has 0 atom stereocenters. The highest BCUT2D eigenvalue weighted by molar-refractivity contribution is 5.36. The summed E-state index contributed by atoms with van der Waals surface area (Å²) in [6.45, 7) is 2.88. The van der Waals surface area contributed by atoms with Crippen LogP contribution in [0.5, 0.6) is 0 Å². The summed E-state index contributed by atoms with van der Waals surface area (Å²) < 4.78 is 40.1. The minimum absolute atomic E-state index is 0.129. The first-order valence-electron chi connectivity index (χ1n) is 7.82. The van der Waals surface area contributed by atoms with E-state index in [9.17, 15) is 13.2 Å². The lowest BCUT2D eigenvalue weighted by molar-refractivity contribution is -0.147. The number of hydrogen-bond donors (Lipinski definition) is 1. The first-order chi connectivity index (χ1) is 11.3. The molecule has 0 bridgehead atoms. The normalized spacial score (nSPS) is 12.1. The Balaban J connectivity index is 2.25. The Labute approximate surface area is 139 Å². The van der Waals surface area contributed by atoms with E-state index in [4.69, 9.17) is 5.11 Å². The van der Waals surface area contributed by atoms with E-state index in [2.05, 4.69) is 5.10 Å². The number of hydrogen-bond acceptors (Lipinski definition) is 3. The van der Waals surface area contributed by atoms with Crippen molar-refractivity contribution in [1.29, 1.82) is 0 Å². The van der Waals surface area contributed by atoms with Gasteiger partial charge in [-0.05, 0) is 32.4 Å². The van der Waals surface area contributed by atoms with Gasteiger partial charge in [-0.25, -0.2) is 4.68 Å². The molecule has 0 amide bonds. The summed E-state index contributed by atoms with van der Waals surface area (Å²) in [6, 6.07) is 9.49. The van der Waals surface area contributed by atoms with Crippen LogP contribution in [-0.4, -0.2) is 45.7 Å². The monoisotopic (exact) mass is 341 g/mol. The SMILES string of the molecule is Cc1nn(-c2ccccc2)c(C)c1CN(CCCO)CC(F)(F)F. The average Bonchev–Trinajstić information content (AvgIpc) is 2.80. The Morgan fingerprint density at radius 3 is 2.42 bits per heavy atom. The number of aliphatic hydroxyl groups is 1. The molecule has 0 saturated carbocycles. The number of aromatic nitrogens is 2. The standard InChI is InChI=1S/C17H22F3N3O/c1-13-16(11-22(9-6-10-24)12-17(18,19)20)14(2)23(21-13)15-7-4-3-5-8-15/h3-5,7-8,24H,6,9-12H2,1-2H3. The van der Waals surface area contributed by atoms with Gasteiger partial charge in [0.2, 0.25) is 0 Å². The highest BCUT2D eigenvalue weighted by atomic mass is 19.4. The molecule has 2 aromatic rings. The zero-order valence-electron chi connectivity index (χ0n) is 13.8. The molecule has 0 saturated heterocycles. The number of para-hydroxylation sites is 1. The highest BCUT2D eigenvalue weighted by Crippen LogP contribution is 2.22. The van der Waals surface area contributed by atoms with Gasteiger partial charge in [0.1, 0.15) is 0 Å². The molecule has 0 unspecified atom stereocenters. The molecule has 24 heavy (non-hydrogen) atoms. The van der Waals surface area contributed by atoms with Gasteiger partial charge in [-0.15, -0.1) is 0 Å². The number of halogens is 3. The maximum atomic E-state index is 12.8. The van der Waals surface area contributed by atoms with Crippen LogP contribution in [0, 0.1) is 13.8 Å². The molecule has 1 N–H and O–H groups in total. The van der Waals surface area contributed by atoms with Crippen LogP contribution in [0.2, 0.25) is 0 Å². The second kappa shape index (κ2) is 7.81. The van der Waals surface area contributed by atoms with Crippen LogP contribution in [0.1, 0.15) is 23.4 Å². The number of aryl methyl sites for hydroxylation is 1. The lowest BCUT2D eigenvalue weighted by Crippen LogP contribution is -2.35. The Hall–Kier alpha value is -1.86. The van der Waals surface area contributed by atoms with E-state index in [0.29, 0.717) is 12.1 Å². The van der Waals surface area contributed by atoms with E-state index in [0.717, 1.165) is 16.9 Å². The molecule has 0 aliphatic carbocycles. The highest BCUT2D eigenvalue weighted by Gasteiger charge is 2.31. The van der Waals surface area contributed by atoms with Crippen molar-refractivity contribution < 1.29 is 18.3 Å². The van der Waals surface area contributed by atoms with E-state index in [1.54, 1.807) is 11.6 Å². The first kappa shape index (κ1) is 18.5. The maximum absolute atomic E-state index is 12.8. The summed E-state index contributed by atoms with van der Waals surface area (Å²) in [7, 11) is 0. The lowest BCUT2D eigenvalue weighted by atomic mass is 10.1. The van der Waals surface area contributed by atoms with E-state index in [1.165, 1.54) is 4.90 Å². The van der Waals surface area contributed by atoms with Crippen LogP contribution in [-0.2, 0) is 6.54 Å². The van der Waals surface area contributed by atoms with Crippen LogP contribution in [0.25, 0.3) is 5.69 Å². The van der Waals surface area contributed by atoms with Crippen LogP contribution in [0.4, 0.5) is 13.2 Å². The van der Waals surface area contributed by atoms with Crippen molar-refractivity contribution in [2.75, 3.05) is 19.7 Å². The van der Waals surface area contributed by atoms with Gasteiger partial charge >= 0.3 is 6.18 Å². The summed E-state index contributed by atoms with van der Waals surface area (Å²) >= 11 is 0. The zero-order chi connectivity index (χ0) is 17.7. The molecule has 1 heterocycles. The Morgan fingerprint density at radius 2 is 1.83 bits per heavy atom. The molecule has 0 fully saturated rings. The molecular formula is C17H22F3N3O. The number of rotatable bonds is 7. The van der Waals surface area contributed by atoms with E-state index in [-0.39, 0.29) is 19.7 Å². The van der Waals surface area contributed by atoms with Gasteiger partial charge in [0, 0.05) is 31.0 Å². The number of alkyl halides is 3. The molecule has 1 aromatic heterocycles. The molecule has 2 rings (SSSR count). The third-order valence-corrected chi connectivity index (χ3v) is 3.86. The fourth-order valence-corrected chi connectivity index (χ4v) is 2.71. The van der Waals surface area contributed by atoms with E-state index >= 15 is 0 Å². The predicted molar refractivity (Wildman–Crippen MR) is 86.1 cm³/mol. The number of benzene rings is 1. The summed E-state index contributed by atoms with van der Waals surface area (Å²) in [6.07, 6.45) is -3.96. The minimum atomic E-state index is -4.27. The van der Waals surface area contributed by atoms with Gasteiger partial charge in [0.05, 0.1) is 17.9 Å². The smallest absolute Gasteiger partial charge is 0.396 e. The van der Waals surface area contributed by atoms with Crippen molar-refractivity contribution in [3.05, 3.63) is 47.3 Å².